The summed E-state index contributed by atoms with van der Waals surface area (Å²) in [6.45, 7) is 15.8. The standard InChI is InChI=1S/C36H57FN2O5S/c1-9-11-12-13-19-39(33(41)21-26(5)10-2)31(25(3)4)23-32(44-27(6)40)34(38)45-20-18-29(24-36(7,8)35(42)43)22-28-14-16-30(37)17-15-28/h14-18,20,25-26,29,31-32,38H,9-13,19,21-24H2,1-8H3,(H,42,43)/b20-18+,38-34?/t26-,29?,31?,32?/m0/s1. The fourth-order valence-electron chi connectivity index (χ4n) is 5.31. The number of carboxylic acids is 1. The number of allylic oxidation sites excluding steroid dienone is 1. The van der Waals surface area contributed by atoms with Gasteiger partial charge in [0, 0.05) is 32.4 Å². The van der Waals surface area contributed by atoms with Crippen molar-refractivity contribution in [3.05, 3.63) is 47.1 Å². The van der Waals surface area contributed by atoms with Crippen molar-refractivity contribution in [2.75, 3.05) is 6.54 Å². The third-order valence-corrected chi connectivity index (χ3v) is 9.14. The van der Waals surface area contributed by atoms with Crippen LogP contribution in [-0.4, -0.2) is 51.6 Å². The van der Waals surface area contributed by atoms with Crippen LogP contribution in [0.1, 0.15) is 112 Å². The molecule has 0 fully saturated rings. The molecule has 0 radical (unpaired) electrons. The molecule has 0 aliphatic rings. The molecule has 254 valence electrons. The average Bonchev–Trinajstić information content (AvgIpc) is 2.95. The van der Waals surface area contributed by atoms with Gasteiger partial charge in [-0.05, 0) is 74.0 Å². The van der Waals surface area contributed by atoms with Crippen molar-refractivity contribution in [3.63, 3.8) is 0 Å². The van der Waals surface area contributed by atoms with E-state index < -0.39 is 23.5 Å². The summed E-state index contributed by atoms with van der Waals surface area (Å²) >= 11 is 1.13. The van der Waals surface area contributed by atoms with Crippen LogP contribution in [0.3, 0.4) is 0 Å². The lowest BCUT2D eigenvalue weighted by Crippen LogP contribution is -2.47. The number of carboxylic acid groups (broad SMARTS) is 1. The maximum Gasteiger partial charge on any atom is 0.309 e. The lowest BCUT2D eigenvalue weighted by atomic mass is 9.80. The second kappa shape index (κ2) is 20.4. The summed E-state index contributed by atoms with van der Waals surface area (Å²) in [6, 6.07) is 5.95. The summed E-state index contributed by atoms with van der Waals surface area (Å²) in [4.78, 5) is 39.6. The van der Waals surface area contributed by atoms with Crippen molar-refractivity contribution >= 4 is 34.7 Å². The van der Waals surface area contributed by atoms with Crippen LogP contribution < -0.4 is 0 Å². The first-order valence-electron chi connectivity index (χ1n) is 16.5. The third-order valence-electron chi connectivity index (χ3n) is 8.33. The number of thioether (sulfide) groups is 1. The molecule has 9 heteroatoms. The first-order chi connectivity index (χ1) is 21.1. The van der Waals surface area contributed by atoms with Crippen molar-refractivity contribution in [2.45, 2.75) is 125 Å². The van der Waals surface area contributed by atoms with E-state index in [-0.39, 0.29) is 40.6 Å². The van der Waals surface area contributed by atoms with Gasteiger partial charge in [0.15, 0.2) is 6.10 Å². The summed E-state index contributed by atoms with van der Waals surface area (Å²) in [7, 11) is 0. The van der Waals surface area contributed by atoms with E-state index in [4.69, 9.17) is 10.1 Å². The van der Waals surface area contributed by atoms with Gasteiger partial charge in [-0.25, -0.2) is 4.39 Å². The Bertz CT molecular complexity index is 1110. The van der Waals surface area contributed by atoms with Gasteiger partial charge in [0.25, 0.3) is 0 Å². The molecule has 0 saturated heterocycles. The molecule has 0 aromatic heterocycles. The van der Waals surface area contributed by atoms with Crippen LogP contribution >= 0.6 is 11.8 Å². The smallest absolute Gasteiger partial charge is 0.309 e. The largest absolute Gasteiger partial charge is 0.481 e. The van der Waals surface area contributed by atoms with E-state index in [0.717, 1.165) is 49.4 Å². The molecule has 2 N–H and O–H groups in total. The van der Waals surface area contributed by atoms with Crippen molar-refractivity contribution < 1.29 is 28.6 Å². The lowest BCUT2D eigenvalue weighted by Gasteiger charge is -2.37. The van der Waals surface area contributed by atoms with E-state index in [1.54, 1.807) is 31.4 Å². The lowest BCUT2D eigenvalue weighted by molar-refractivity contribution is -0.148. The Morgan fingerprint density at radius 1 is 1.09 bits per heavy atom. The van der Waals surface area contributed by atoms with Crippen molar-refractivity contribution in [3.8, 4) is 0 Å². The minimum atomic E-state index is -0.986. The van der Waals surface area contributed by atoms with Gasteiger partial charge >= 0.3 is 11.9 Å². The summed E-state index contributed by atoms with van der Waals surface area (Å²) < 4.78 is 19.2. The second-order valence-electron chi connectivity index (χ2n) is 13.3. The zero-order chi connectivity index (χ0) is 34.2. The molecule has 0 saturated carbocycles. The van der Waals surface area contributed by atoms with Crippen LogP contribution in [0.5, 0.6) is 0 Å². The van der Waals surface area contributed by atoms with Gasteiger partial charge in [-0.1, -0.05) is 90.3 Å². The Balaban J connectivity index is 3.22. The molecular weight excluding hydrogens is 591 g/mol. The fourth-order valence-corrected chi connectivity index (χ4v) is 6.05. The first kappa shape index (κ1) is 40.3. The monoisotopic (exact) mass is 648 g/mol. The van der Waals surface area contributed by atoms with Gasteiger partial charge in [-0.15, -0.1) is 0 Å². The maximum atomic E-state index is 13.6. The van der Waals surface area contributed by atoms with Crippen LogP contribution in [0.15, 0.2) is 35.7 Å². The van der Waals surface area contributed by atoms with Crippen LogP contribution in [-0.2, 0) is 25.5 Å². The number of carbonyl (C=O) groups excluding carboxylic acids is 2. The number of esters is 1. The molecule has 0 aliphatic carbocycles. The minimum absolute atomic E-state index is 0.0850. The van der Waals surface area contributed by atoms with Gasteiger partial charge < -0.3 is 14.7 Å². The number of aliphatic carboxylic acids is 1. The number of ether oxygens (including phenoxy) is 1. The van der Waals surface area contributed by atoms with Gasteiger partial charge in [0.05, 0.1) is 5.41 Å². The van der Waals surface area contributed by atoms with Gasteiger partial charge in [-0.3, -0.25) is 19.8 Å². The third kappa shape index (κ3) is 15.4. The number of nitrogens with one attached hydrogen (secondary N) is 1. The van der Waals surface area contributed by atoms with Crippen LogP contribution in [0.2, 0.25) is 0 Å². The summed E-state index contributed by atoms with van der Waals surface area (Å²) in [6.07, 6.45) is 7.75. The zero-order valence-electron chi connectivity index (χ0n) is 28.7. The SMILES string of the molecule is CCCCCCN(C(=O)C[C@@H](C)CC)C(CC(OC(C)=O)C(=N)S/C=C/C(Cc1ccc(F)cc1)CC(C)(C)C(=O)O)C(C)C. The number of hydrogen-bond donors (Lipinski definition) is 2. The van der Waals surface area contributed by atoms with E-state index >= 15 is 0 Å². The first-order valence-corrected chi connectivity index (χ1v) is 17.3. The molecule has 0 bridgehead atoms. The predicted molar refractivity (Wildman–Crippen MR) is 183 cm³/mol. The molecule has 3 unspecified atom stereocenters. The highest BCUT2D eigenvalue weighted by Crippen LogP contribution is 2.30. The molecular formula is C36H57FN2O5S. The normalized spacial score (nSPS) is 14.6. The quantitative estimate of drug-likeness (QED) is 0.0597. The molecule has 45 heavy (non-hydrogen) atoms. The topological polar surface area (TPSA) is 108 Å². The molecule has 1 amide bonds. The second-order valence-corrected chi connectivity index (χ2v) is 14.3. The Morgan fingerprint density at radius 2 is 1.73 bits per heavy atom. The molecule has 7 nitrogen and oxygen atoms in total. The number of benzene rings is 1. The highest BCUT2D eigenvalue weighted by atomic mass is 32.2. The molecule has 0 heterocycles. The maximum absolute atomic E-state index is 13.6. The van der Waals surface area contributed by atoms with E-state index in [0.29, 0.717) is 32.2 Å². The Kier molecular flexibility index (Phi) is 18.3. The van der Waals surface area contributed by atoms with Crippen LogP contribution in [0.4, 0.5) is 4.39 Å². The Labute approximate surface area is 275 Å². The van der Waals surface area contributed by atoms with E-state index in [1.165, 1.54) is 19.1 Å². The minimum Gasteiger partial charge on any atom is -0.481 e. The van der Waals surface area contributed by atoms with Crippen LogP contribution in [0.25, 0.3) is 0 Å². The predicted octanol–water partition coefficient (Wildman–Crippen LogP) is 8.90. The molecule has 1 aromatic carbocycles. The Morgan fingerprint density at radius 3 is 2.27 bits per heavy atom. The van der Waals surface area contributed by atoms with Crippen LogP contribution in [0, 0.1) is 34.4 Å². The van der Waals surface area contributed by atoms with Gasteiger partial charge in [0.2, 0.25) is 5.91 Å². The van der Waals surface area contributed by atoms with Gasteiger partial charge in [0.1, 0.15) is 10.9 Å². The van der Waals surface area contributed by atoms with Crippen molar-refractivity contribution in [1.29, 1.82) is 5.41 Å². The van der Waals surface area contributed by atoms with Gasteiger partial charge in [-0.2, -0.15) is 0 Å². The number of amides is 1. The number of hydrogen-bond acceptors (Lipinski definition) is 6. The van der Waals surface area contributed by atoms with E-state index in [2.05, 4.69) is 34.6 Å². The summed E-state index contributed by atoms with van der Waals surface area (Å²) in [5.74, 6) is -1.47. The van der Waals surface area contributed by atoms with Crippen molar-refractivity contribution in [1.82, 2.24) is 4.90 Å². The molecule has 1 aromatic rings. The summed E-state index contributed by atoms with van der Waals surface area (Å²) in [5.41, 5.74) is -0.105. The fraction of sp³-hybridized carbons (Fsp3) is 0.667. The number of halogens is 1. The molecule has 0 aliphatic heterocycles. The van der Waals surface area contributed by atoms with Crippen molar-refractivity contribution in [2.24, 2.45) is 23.2 Å². The summed E-state index contributed by atoms with van der Waals surface area (Å²) in [5, 5.41) is 20.5. The Hall–Kier alpha value is -2.68. The number of carbonyl (C=O) groups is 3. The number of unbranched alkanes of at least 4 members (excludes halogenated alkanes) is 3. The average molecular weight is 649 g/mol. The van der Waals surface area contributed by atoms with E-state index in [1.807, 2.05) is 11.0 Å². The zero-order valence-corrected chi connectivity index (χ0v) is 29.6. The molecule has 1 rings (SSSR count). The highest BCUT2D eigenvalue weighted by molar-refractivity contribution is 8.16. The molecule has 4 atom stereocenters. The number of rotatable bonds is 21. The van der Waals surface area contributed by atoms with E-state index in [9.17, 15) is 23.9 Å². The number of nitrogens with zero attached hydrogens (tertiary/aromatic N) is 1. The highest BCUT2D eigenvalue weighted by Gasteiger charge is 2.33. The molecule has 0 spiro atoms.